The molecule has 1 saturated carbocycles. The van der Waals surface area contributed by atoms with Crippen LogP contribution in [0.15, 0.2) is 23.0 Å². The zero-order chi connectivity index (χ0) is 11.7. The van der Waals surface area contributed by atoms with Gasteiger partial charge in [-0.25, -0.2) is 9.97 Å². The topological polar surface area (TPSA) is 81.8 Å². The van der Waals surface area contributed by atoms with Crippen LogP contribution in [0, 0.1) is 0 Å². The highest BCUT2D eigenvalue weighted by Gasteiger charge is 2.31. The molecule has 0 saturated heterocycles. The van der Waals surface area contributed by atoms with Crippen molar-refractivity contribution in [3.63, 3.8) is 0 Å². The van der Waals surface area contributed by atoms with Crippen LogP contribution in [0.3, 0.4) is 0 Å². The standard InChI is InChI=1S/C11H10N4O2/c16-8-4-1-3-7(8)11-14-10(15-17-11)9-12-5-2-6-13-9/h2,5-7H,1,3-4H2. The van der Waals surface area contributed by atoms with Crippen molar-refractivity contribution in [1.29, 1.82) is 0 Å². The molecule has 0 radical (unpaired) electrons. The zero-order valence-electron chi connectivity index (χ0n) is 9.04. The maximum absolute atomic E-state index is 11.6. The van der Waals surface area contributed by atoms with Crippen molar-refractivity contribution in [3.05, 3.63) is 24.4 Å². The van der Waals surface area contributed by atoms with Crippen LogP contribution in [0.5, 0.6) is 0 Å². The molecule has 1 atom stereocenters. The van der Waals surface area contributed by atoms with E-state index in [2.05, 4.69) is 20.1 Å². The number of carbonyl (C=O) groups is 1. The Morgan fingerprint density at radius 2 is 2.06 bits per heavy atom. The highest BCUT2D eigenvalue weighted by Crippen LogP contribution is 2.30. The Morgan fingerprint density at radius 1 is 1.24 bits per heavy atom. The van der Waals surface area contributed by atoms with E-state index in [1.807, 2.05) is 0 Å². The highest BCUT2D eigenvalue weighted by atomic mass is 16.5. The minimum Gasteiger partial charge on any atom is -0.338 e. The lowest BCUT2D eigenvalue weighted by atomic mass is 10.1. The second-order valence-electron chi connectivity index (χ2n) is 3.94. The van der Waals surface area contributed by atoms with E-state index in [1.54, 1.807) is 18.5 Å². The Hall–Kier alpha value is -2.11. The Bertz CT molecular complexity index is 537. The molecule has 0 amide bonds. The fourth-order valence-corrected chi connectivity index (χ4v) is 1.96. The zero-order valence-corrected chi connectivity index (χ0v) is 9.04. The van der Waals surface area contributed by atoms with Crippen LogP contribution in [0.25, 0.3) is 11.6 Å². The highest BCUT2D eigenvalue weighted by molar-refractivity contribution is 5.86. The molecular formula is C11H10N4O2. The van der Waals surface area contributed by atoms with Gasteiger partial charge in [-0.1, -0.05) is 5.16 Å². The second-order valence-corrected chi connectivity index (χ2v) is 3.94. The van der Waals surface area contributed by atoms with Crippen LogP contribution in [-0.2, 0) is 4.79 Å². The summed E-state index contributed by atoms with van der Waals surface area (Å²) in [5.74, 6) is 1.07. The maximum Gasteiger partial charge on any atom is 0.240 e. The first kappa shape index (κ1) is 10.1. The van der Waals surface area contributed by atoms with Gasteiger partial charge in [-0.05, 0) is 18.9 Å². The summed E-state index contributed by atoms with van der Waals surface area (Å²) in [4.78, 5) is 23.8. The molecule has 3 rings (SSSR count). The number of carbonyl (C=O) groups excluding carboxylic acids is 1. The molecule has 0 spiro atoms. The monoisotopic (exact) mass is 230 g/mol. The Labute approximate surface area is 97.1 Å². The smallest absolute Gasteiger partial charge is 0.240 e. The fraction of sp³-hybridized carbons (Fsp3) is 0.364. The Kier molecular flexibility index (Phi) is 2.40. The van der Waals surface area contributed by atoms with Crippen molar-refractivity contribution in [2.75, 3.05) is 0 Å². The van der Waals surface area contributed by atoms with E-state index in [4.69, 9.17) is 4.52 Å². The lowest BCUT2D eigenvalue weighted by Gasteiger charge is -1.98. The average Bonchev–Trinajstić information content (AvgIpc) is 2.98. The maximum atomic E-state index is 11.6. The van der Waals surface area contributed by atoms with Gasteiger partial charge in [0.25, 0.3) is 0 Å². The molecule has 2 heterocycles. The molecule has 0 bridgehead atoms. The summed E-state index contributed by atoms with van der Waals surface area (Å²) in [6, 6.07) is 1.71. The van der Waals surface area contributed by atoms with Crippen LogP contribution in [0.1, 0.15) is 31.1 Å². The summed E-state index contributed by atoms with van der Waals surface area (Å²) in [5.41, 5.74) is 0. The van der Waals surface area contributed by atoms with Crippen LogP contribution in [0.2, 0.25) is 0 Å². The van der Waals surface area contributed by atoms with E-state index in [-0.39, 0.29) is 11.7 Å². The largest absolute Gasteiger partial charge is 0.338 e. The van der Waals surface area contributed by atoms with Gasteiger partial charge in [-0.2, -0.15) is 4.98 Å². The molecule has 1 unspecified atom stereocenters. The predicted molar refractivity (Wildman–Crippen MR) is 56.9 cm³/mol. The van der Waals surface area contributed by atoms with E-state index < -0.39 is 0 Å². The van der Waals surface area contributed by atoms with Crippen molar-refractivity contribution in [1.82, 2.24) is 20.1 Å². The SMILES string of the molecule is O=C1CCCC1c1nc(-c2ncccn2)no1. The van der Waals surface area contributed by atoms with Gasteiger partial charge in [0.2, 0.25) is 17.5 Å². The Balaban J connectivity index is 1.91. The first-order chi connectivity index (χ1) is 8.34. The molecule has 6 heteroatoms. The van der Waals surface area contributed by atoms with Gasteiger partial charge >= 0.3 is 0 Å². The normalized spacial score (nSPS) is 19.8. The summed E-state index contributed by atoms with van der Waals surface area (Å²) in [6.45, 7) is 0. The molecule has 6 nitrogen and oxygen atoms in total. The second kappa shape index (κ2) is 4.04. The molecule has 0 aliphatic heterocycles. The van der Waals surface area contributed by atoms with Gasteiger partial charge in [0.1, 0.15) is 5.78 Å². The first-order valence-corrected chi connectivity index (χ1v) is 5.48. The summed E-state index contributed by atoms with van der Waals surface area (Å²) in [7, 11) is 0. The van der Waals surface area contributed by atoms with Gasteiger partial charge in [-0.3, -0.25) is 4.79 Å². The number of rotatable bonds is 2. The van der Waals surface area contributed by atoms with Gasteiger partial charge in [0, 0.05) is 18.8 Å². The lowest BCUT2D eigenvalue weighted by Crippen LogP contribution is -2.04. The van der Waals surface area contributed by atoms with E-state index in [9.17, 15) is 4.79 Å². The lowest BCUT2D eigenvalue weighted by molar-refractivity contribution is -0.119. The summed E-state index contributed by atoms with van der Waals surface area (Å²) >= 11 is 0. The fourth-order valence-electron chi connectivity index (χ4n) is 1.96. The minimum absolute atomic E-state index is 0.175. The number of hydrogen-bond donors (Lipinski definition) is 0. The van der Waals surface area contributed by atoms with Gasteiger partial charge in [0.15, 0.2) is 0 Å². The molecule has 1 fully saturated rings. The molecule has 0 aromatic carbocycles. The number of ketones is 1. The van der Waals surface area contributed by atoms with Gasteiger partial charge in [-0.15, -0.1) is 0 Å². The van der Waals surface area contributed by atoms with Gasteiger partial charge in [0.05, 0.1) is 5.92 Å². The third kappa shape index (κ3) is 1.82. The third-order valence-electron chi connectivity index (χ3n) is 2.81. The van der Waals surface area contributed by atoms with E-state index in [0.717, 1.165) is 12.8 Å². The number of hydrogen-bond acceptors (Lipinski definition) is 6. The molecule has 1 aliphatic rings. The quantitative estimate of drug-likeness (QED) is 0.774. The molecule has 86 valence electrons. The minimum atomic E-state index is -0.236. The van der Waals surface area contributed by atoms with Crippen molar-refractivity contribution in [2.45, 2.75) is 25.2 Å². The van der Waals surface area contributed by atoms with E-state index >= 15 is 0 Å². The molecule has 2 aromatic rings. The third-order valence-corrected chi connectivity index (χ3v) is 2.81. The van der Waals surface area contributed by atoms with E-state index in [0.29, 0.717) is 24.0 Å². The van der Waals surface area contributed by atoms with Crippen molar-refractivity contribution < 1.29 is 9.32 Å². The van der Waals surface area contributed by atoms with Gasteiger partial charge < -0.3 is 4.52 Å². The van der Waals surface area contributed by atoms with Crippen molar-refractivity contribution in [2.24, 2.45) is 0 Å². The van der Waals surface area contributed by atoms with Crippen LogP contribution < -0.4 is 0 Å². The van der Waals surface area contributed by atoms with Crippen LogP contribution in [-0.4, -0.2) is 25.9 Å². The summed E-state index contributed by atoms with van der Waals surface area (Å²) < 4.78 is 5.11. The molecule has 1 aliphatic carbocycles. The number of nitrogens with zero attached hydrogens (tertiary/aromatic N) is 4. The van der Waals surface area contributed by atoms with Crippen molar-refractivity contribution >= 4 is 5.78 Å². The van der Waals surface area contributed by atoms with Crippen LogP contribution in [0.4, 0.5) is 0 Å². The summed E-state index contributed by atoms with van der Waals surface area (Å²) in [6.07, 6.45) is 5.50. The molecular weight excluding hydrogens is 220 g/mol. The number of aromatic nitrogens is 4. The van der Waals surface area contributed by atoms with Crippen molar-refractivity contribution in [3.8, 4) is 11.6 Å². The van der Waals surface area contributed by atoms with E-state index in [1.165, 1.54) is 0 Å². The molecule has 0 N–H and O–H groups in total. The number of Topliss-reactive ketones (excluding diaryl/α,β-unsaturated/α-hetero) is 1. The van der Waals surface area contributed by atoms with Crippen LogP contribution >= 0.6 is 0 Å². The predicted octanol–water partition coefficient (Wildman–Crippen LogP) is 1.36. The average molecular weight is 230 g/mol. The molecule has 2 aromatic heterocycles. The molecule has 17 heavy (non-hydrogen) atoms. The Morgan fingerprint density at radius 3 is 2.76 bits per heavy atom. The summed E-state index contributed by atoms with van der Waals surface area (Å²) in [5, 5.41) is 3.80. The first-order valence-electron chi connectivity index (χ1n) is 5.48.